The Morgan fingerprint density at radius 1 is 1.16 bits per heavy atom. The number of halogens is 1. The molecule has 1 amide bonds. The highest BCUT2D eigenvalue weighted by Crippen LogP contribution is 2.20. The Hall–Kier alpha value is -1.87. The third-order valence-electron chi connectivity index (χ3n) is 2.78. The predicted octanol–water partition coefficient (Wildman–Crippen LogP) is 3.91. The lowest BCUT2D eigenvalue weighted by molar-refractivity contribution is 0.102. The van der Waals surface area contributed by atoms with Crippen LogP contribution >= 0.6 is 11.6 Å². The summed E-state index contributed by atoms with van der Waals surface area (Å²) in [6.45, 7) is 5.73. The second-order valence-corrected chi connectivity index (χ2v) is 5.02. The van der Waals surface area contributed by atoms with Crippen LogP contribution < -0.4 is 5.32 Å². The van der Waals surface area contributed by atoms with E-state index in [1.807, 2.05) is 32.9 Å². The number of hydrogen-bond donors (Lipinski definition) is 1. The molecule has 0 aliphatic rings. The lowest BCUT2D eigenvalue weighted by Crippen LogP contribution is -2.15. The van der Waals surface area contributed by atoms with Crippen molar-refractivity contribution < 1.29 is 4.79 Å². The summed E-state index contributed by atoms with van der Waals surface area (Å²) >= 11 is 5.93. The third kappa shape index (κ3) is 3.32. The number of carbonyl (C=O) groups is 1. The van der Waals surface area contributed by atoms with Crippen molar-refractivity contribution in [2.45, 2.75) is 20.8 Å². The van der Waals surface area contributed by atoms with Gasteiger partial charge < -0.3 is 5.32 Å². The largest absolute Gasteiger partial charge is 0.320 e. The number of aryl methyl sites for hydroxylation is 3. The maximum absolute atomic E-state index is 12.2. The SMILES string of the molecule is Cc1cc(C)nc(C(=O)Nc2cc(Cl)ccc2C)c1. The summed E-state index contributed by atoms with van der Waals surface area (Å²) in [6.07, 6.45) is 0. The molecular weight excluding hydrogens is 260 g/mol. The van der Waals surface area contributed by atoms with E-state index in [0.717, 1.165) is 16.8 Å². The van der Waals surface area contributed by atoms with Gasteiger partial charge in [-0.2, -0.15) is 0 Å². The van der Waals surface area contributed by atoms with Crippen LogP contribution in [0.1, 0.15) is 27.3 Å². The Balaban J connectivity index is 2.28. The number of nitrogens with zero attached hydrogens (tertiary/aromatic N) is 1. The number of hydrogen-bond acceptors (Lipinski definition) is 2. The van der Waals surface area contributed by atoms with Crippen LogP contribution in [0.3, 0.4) is 0 Å². The molecular formula is C15H15ClN2O. The van der Waals surface area contributed by atoms with Gasteiger partial charge in [-0.3, -0.25) is 4.79 Å². The molecule has 0 fully saturated rings. The third-order valence-corrected chi connectivity index (χ3v) is 3.01. The van der Waals surface area contributed by atoms with Crippen molar-refractivity contribution in [2.24, 2.45) is 0 Å². The van der Waals surface area contributed by atoms with Crippen LogP contribution in [-0.4, -0.2) is 10.9 Å². The number of aromatic nitrogens is 1. The average molecular weight is 275 g/mol. The lowest BCUT2D eigenvalue weighted by Gasteiger charge is -2.09. The molecule has 0 radical (unpaired) electrons. The maximum Gasteiger partial charge on any atom is 0.274 e. The van der Waals surface area contributed by atoms with Crippen LogP contribution in [0.15, 0.2) is 30.3 Å². The van der Waals surface area contributed by atoms with Crippen molar-refractivity contribution >= 4 is 23.2 Å². The van der Waals surface area contributed by atoms with Crippen LogP contribution in [0, 0.1) is 20.8 Å². The van der Waals surface area contributed by atoms with E-state index in [-0.39, 0.29) is 5.91 Å². The van der Waals surface area contributed by atoms with Crippen LogP contribution in [0.4, 0.5) is 5.69 Å². The van der Waals surface area contributed by atoms with E-state index in [9.17, 15) is 4.79 Å². The fourth-order valence-corrected chi connectivity index (χ4v) is 2.05. The van der Waals surface area contributed by atoms with Crippen LogP contribution in [0.2, 0.25) is 5.02 Å². The van der Waals surface area contributed by atoms with Crippen molar-refractivity contribution in [1.29, 1.82) is 0 Å². The molecule has 4 heteroatoms. The van der Waals surface area contributed by atoms with Crippen molar-refractivity contribution in [3.63, 3.8) is 0 Å². The first-order chi connectivity index (χ1) is 8.95. The van der Waals surface area contributed by atoms with Gasteiger partial charge in [0.1, 0.15) is 5.69 Å². The van der Waals surface area contributed by atoms with Crippen LogP contribution in [0.5, 0.6) is 0 Å². The molecule has 2 aromatic rings. The fourth-order valence-electron chi connectivity index (χ4n) is 1.87. The molecule has 0 bridgehead atoms. The first kappa shape index (κ1) is 13.6. The Morgan fingerprint density at radius 2 is 1.89 bits per heavy atom. The predicted molar refractivity (Wildman–Crippen MR) is 77.9 cm³/mol. The maximum atomic E-state index is 12.2. The monoisotopic (exact) mass is 274 g/mol. The highest BCUT2D eigenvalue weighted by molar-refractivity contribution is 6.31. The number of rotatable bonds is 2. The molecule has 1 aromatic heterocycles. The van der Waals surface area contributed by atoms with Gasteiger partial charge in [-0.15, -0.1) is 0 Å². The van der Waals surface area contributed by atoms with Gasteiger partial charge in [0.05, 0.1) is 0 Å². The van der Waals surface area contributed by atoms with Gasteiger partial charge >= 0.3 is 0 Å². The minimum Gasteiger partial charge on any atom is -0.320 e. The van der Waals surface area contributed by atoms with Gasteiger partial charge in [0.15, 0.2) is 0 Å². The van der Waals surface area contributed by atoms with E-state index >= 15 is 0 Å². The molecule has 0 spiro atoms. The molecule has 3 nitrogen and oxygen atoms in total. The summed E-state index contributed by atoms with van der Waals surface area (Å²) in [4.78, 5) is 16.4. The summed E-state index contributed by atoms with van der Waals surface area (Å²) in [6, 6.07) is 9.09. The normalized spacial score (nSPS) is 10.3. The lowest BCUT2D eigenvalue weighted by atomic mass is 10.2. The highest BCUT2D eigenvalue weighted by atomic mass is 35.5. The number of carbonyl (C=O) groups excluding carboxylic acids is 1. The standard InChI is InChI=1S/C15H15ClN2O/c1-9-6-11(3)17-14(7-9)15(19)18-13-8-12(16)5-4-10(13)2/h4-8H,1-3H3,(H,18,19). The highest BCUT2D eigenvalue weighted by Gasteiger charge is 2.10. The minimum absolute atomic E-state index is 0.225. The molecule has 1 aromatic carbocycles. The second kappa shape index (κ2) is 5.41. The van der Waals surface area contributed by atoms with E-state index in [1.54, 1.807) is 18.2 Å². The Morgan fingerprint density at radius 3 is 2.58 bits per heavy atom. The molecule has 0 saturated carbocycles. The summed E-state index contributed by atoms with van der Waals surface area (Å²) in [5.41, 5.74) is 3.92. The zero-order valence-corrected chi connectivity index (χ0v) is 11.9. The topological polar surface area (TPSA) is 42.0 Å². The van der Waals surface area contributed by atoms with E-state index in [2.05, 4.69) is 10.3 Å². The smallest absolute Gasteiger partial charge is 0.274 e. The Bertz CT molecular complexity index is 618. The van der Waals surface area contributed by atoms with Gasteiger partial charge in [-0.05, 0) is 56.2 Å². The minimum atomic E-state index is -0.225. The van der Waals surface area contributed by atoms with Crippen molar-refractivity contribution in [1.82, 2.24) is 4.98 Å². The van der Waals surface area contributed by atoms with Crippen molar-refractivity contribution in [3.8, 4) is 0 Å². The van der Waals surface area contributed by atoms with Crippen LogP contribution in [0.25, 0.3) is 0 Å². The molecule has 0 atom stereocenters. The fraction of sp³-hybridized carbons (Fsp3) is 0.200. The number of pyridine rings is 1. The molecule has 0 saturated heterocycles. The summed E-state index contributed by atoms with van der Waals surface area (Å²) in [7, 11) is 0. The molecule has 2 rings (SSSR count). The molecule has 0 unspecified atom stereocenters. The van der Waals surface area contributed by atoms with Crippen molar-refractivity contribution in [3.05, 3.63) is 57.9 Å². The van der Waals surface area contributed by atoms with Gasteiger partial charge in [-0.25, -0.2) is 4.98 Å². The quantitative estimate of drug-likeness (QED) is 0.902. The number of nitrogens with one attached hydrogen (secondary N) is 1. The van der Waals surface area contributed by atoms with Crippen LogP contribution in [-0.2, 0) is 0 Å². The second-order valence-electron chi connectivity index (χ2n) is 4.58. The Kier molecular flexibility index (Phi) is 3.86. The summed E-state index contributed by atoms with van der Waals surface area (Å²) in [5.74, 6) is -0.225. The van der Waals surface area contributed by atoms with E-state index in [1.165, 1.54) is 0 Å². The van der Waals surface area contributed by atoms with E-state index in [0.29, 0.717) is 16.4 Å². The first-order valence-corrected chi connectivity index (χ1v) is 6.36. The number of amides is 1. The van der Waals surface area contributed by atoms with E-state index < -0.39 is 0 Å². The van der Waals surface area contributed by atoms with Gasteiger partial charge in [-0.1, -0.05) is 17.7 Å². The van der Waals surface area contributed by atoms with E-state index in [4.69, 9.17) is 11.6 Å². The van der Waals surface area contributed by atoms with Crippen molar-refractivity contribution in [2.75, 3.05) is 5.32 Å². The molecule has 0 aliphatic carbocycles. The van der Waals surface area contributed by atoms with Gasteiger partial charge in [0.2, 0.25) is 0 Å². The average Bonchev–Trinajstić information content (AvgIpc) is 2.32. The molecule has 98 valence electrons. The summed E-state index contributed by atoms with van der Waals surface area (Å²) < 4.78 is 0. The Labute approximate surface area is 117 Å². The molecule has 1 heterocycles. The number of benzene rings is 1. The molecule has 0 aliphatic heterocycles. The van der Waals surface area contributed by atoms with Gasteiger partial charge in [0.25, 0.3) is 5.91 Å². The zero-order valence-electron chi connectivity index (χ0n) is 11.1. The first-order valence-electron chi connectivity index (χ1n) is 5.98. The van der Waals surface area contributed by atoms with Gasteiger partial charge in [0, 0.05) is 16.4 Å². The molecule has 1 N–H and O–H groups in total. The summed E-state index contributed by atoms with van der Waals surface area (Å²) in [5, 5.41) is 3.43. The zero-order chi connectivity index (χ0) is 14.0. The number of anilines is 1. The molecule has 19 heavy (non-hydrogen) atoms.